The first-order valence-electron chi connectivity index (χ1n) is 10.1. The molecule has 0 radical (unpaired) electrons. The Morgan fingerprint density at radius 1 is 0.939 bits per heavy atom. The molecule has 4 rings (SSSR count). The fourth-order valence-electron chi connectivity index (χ4n) is 3.47. The maximum Gasteiger partial charge on any atom is 0.416 e. The molecule has 0 aliphatic carbocycles. The predicted molar refractivity (Wildman–Crippen MR) is 117 cm³/mol. The highest BCUT2D eigenvalue weighted by Crippen LogP contribution is 2.30. The zero-order valence-electron chi connectivity index (χ0n) is 17.6. The number of anilines is 3. The van der Waals surface area contributed by atoms with Gasteiger partial charge < -0.3 is 10.2 Å². The van der Waals surface area contributed by atoms with Gasteiger partial charge in [-0.15, -0.1) is 0 Å². The number of hydrogen-bond donors (Lipinski definition) is 1. The fourth-order valence-corrected chi connectivity index (χ4v) is 4.89. The van der Waals surface area contributed by atoms with Gasteiger partial charge in [-0.05, 0) is 43.3 Å². The first kappa shape index (κ1) is 22.9. The number of nitrogens with one attached hydrogen (secondary N) is 1. The van der Waals surface area contributed by atoms with Crippen molar-refractivity contribution in [2.24, 2.45) is 0 Å². The van der Waals surface area contributed by atoms with Crippen LogP contribution >= 0.6 is 0 Å². The predicted octanol–water partition coefficient (Wildman–Crippen LogP) is 3.45. The van der Waals surface area contributed by atoms with Gasteiger partial charge in [-0.1, -0.05) is 6.07 Å². The summed E-state index contributed by atoms with van der Waals surface area (Å²) in [5.41, 5.74) is -0.888. The second-order valence-corrected chi connectivity index (χ2v) is 9.35. The summed E-state index contributed by atoms with van der Waals surface area (Å²) >= 11 is 0. The third kappa shape index (κ3) is 5.22. The van der Waals surface area contributed by atoms with Gasteiger partial charge in [-0.2, -0.15) is 17.5 Å². The average molecular weight is 479 g/mol. The van der Waals surface area contributed by atoms with E-state index in [1.54, 1.807) is 25.3 Å². The SMILES string of the molecule is Cc1nc(Nc2ccccn2)cc(N2CCN(S(=O)(=O)c3ccc(C(F)(F)F)cc3)CC2)n1. The third-order valence-electron chi connectivity index (χ3n) is 5.13. The van der Waals surface area contributed by atoms with Crippen molar-refractivity contribution in [1.82, 2.24) is 19.3 Å². The number of pyridine rings is 1. The molecule has 1 aromatic carbocycles. The number of benzene rings is 1. The van der Waals surface area contributed by atoms with Crippen LogP contribution in [0.5, 0.6) is 0 Å². The Morgan fingerprint density at radius 2 is 1.64 bits per heavy atom. The number of nitrogens with zero attached hydrogens (tertiary/aromatic N) is 5. The van der Waals surface area contributed by atoms with E-state index in [0.29, 0.717) is 36.4 Å². The third-order valence-corrected chi connectivity index (χ3v) is 7.04. The molecule has 1 aliphatic rings. The molecule has 33 heavy (non-hydrogen) atoms. The fraction of sp³-hybridized carbons (Fsp3) is 0.286. The Morgan fingerprint density at radius 3 is 2.24 bits per heavy atom. The Bertz CT molecular complexity index is 1210. The topological polar surface area (TPSA) is 91.3 Å². The number of halogens is 3. The molecule has 0 spiro atoms. The molecule has 3 aromatic rings. The zero-order chi connectivity index (χ0) is 23.6. The van der Waals surface area contributed by atoms with Gasteiger partial charge in [0, 0.05) is 38.4 Å². The quantitative estimate of drug-likeness (QED) is 0.601. The lowest BCUT2D eigenvalue weighted by atomic mass is 10.2. The highest BCUT2D eigenvalue weighted by Gasteiger charge is 2.32. The molecule has 2 aromatic heterocycles. The van der Waals surface area contributed by atoms with Crippen LogP contribution in [0.1, 0.15) is 11.4 Å². The Balaban J connectivity index is 1.45. The number of rotatable bonds is 5. The van der Waals surface area contributed by atoms with Crippen LogP contribution in [0, 0.1) is 6.92 Å². The van der Waals surface area contributed by atoms with Gasteiger partial charge in [-0.25, -0.2) is 23.4 Å². The van der Waals surface area contributed by atoms with Gasteiger partial charge in [0.2, 0.25) is 10.0 Å². The molecule has 0 amide bonds. The van der Waals surface area contributed by atoms with Gasteiger partial charge in [-0.3, -0.25) is 0 Å². The highest BCUT2D eigenvalue weighted by molar-refractivity contribution is 7.89. The summed E-state index contributed by atoms with van der Waals surface area (Å²) in [5, 5.41) is 3.12. The smallest absolute Gasteiger partial charge is 0.354 e. The van der Waals surface area contributed by atoms with Crippen molar-refractivity contribution in [1.29, 1.82) is 0 Å². The molecular weight excluding hydrogens is 457 g/mol. The Kier molecular flexibility index (Phi) is 6.21. The summed E-state index contributed by atoms with van der Waals surface area (Å²) in [5.74, 6) is 2.39. The van der Waals surface area contributed by atoms with Crippen LogP contribution in [-0.4, -0.2) is 53.9 Å². The summed E-state index contributed by atoms with van der Waals surface area (Å²) in [6, 6.07) is 10.8. The largest absolute Gasteiger partial charge is 0.416 e. The van der Waals surface area contributed by atoms with E-state index in [9.17, 15) is 21.6 Å². The molecule has 1 saturated heterocycles. The first-order valence-corrected chi connectivity index (χ1v) is 11.5. The van der Waals surface area contributed by atoms with Crippen molar-refractivity contribution in [3.8, 4) is 0 Å². The van der Waals surface area contributed by atoms with Gasteiger partial charge >= 0.3 is 6.18 Å². The van der Waals surface area contributed by atoms with E-state index >= 15 is 0 Å². The molecule has 3 heterocycles. The minimum Gasteiger partial charge on any atom is -0.354 e. The number of sulfonamides is 1. The van der Waals surface area contributed by atoms with E-state index in [-0.39, 0.29) is 18.0 Å². The summed E-state index contributed by atoms with van der Waals surface area (Å²) in [7, 11) is -3.90. The molecular formula is C21H21F3N6O2S. The maximum absolute atomic E-state index is 12.9. The highest BCUT2D eigenvalue weighted by atomic mass is 32.2. The van der Waals surface area contributed by atoms with Gasteiger partial charge in [0.25, 0.3) is 0 Å². The van der Waals surface area contributed by atoms with Crippen LogP contribution in [0.4, 0.5) is 30.6 Å². The molecule has 1 aliphatic heterocycles. The molecule has 1 fully saturated rings. The Labute approximate surface area is 189 Å². The monoisotopic (exact) mass is 478 g/mol. The molecule has 0 saturated carbocycles. The standard InChI is InChI=1S/C21H21F3N6O2S/c1-15-26-19(28-18-4-2-3-9-25-18)14-20(27-15)29-10-12-30(13-11-29)33(31,32)17-7-5-16(6-8-17)21(22,23)24/h2-9,14H,10-13H2,1H3,(H,25,26,27,28). The summed E-state index contributed by atoms with van der Waals surface area (Å²) < 4.78 is 65.4. The number of aryl methyl sites for hydroxylation is 1. The molecule has 12 heteroatoms. The van der Waals surface area contributed by atoms with E-state index in [1.165, 1.54) is 4.31 Å². The normalized spacial score (nSPS) is 15.5. The van der Waals surface area contributed by atoms with Gasteiger partial charge in [0.15, 0.2) is 0 Å². The zero-order valence-corrected chi connectivity index (χ0v) is 18.4. The lowest BCUT2D eigenvalue weighted by Gasteiger charge is -2.34. The van der Waals surface area contributed by atoms with Crippen molar-refractivity contribution in [2.75, 3.05) is 36.4 Å². The van der Waals surface area contributed by atoms with Crippen molar-refractivity contribution < 1.29 is 21.6 Å². The molecule has 0 unspecified atom stereocenters. The average Bonchev–Trinajstić information content (AvgIpc) is 2.79. The van der Waals surface area contributed by atoms with Crippen molar-refractivity contribution >= 4 is 27.5 Å². The van der Waals surface area contributed by atoms with E-state index in [1.807, 2.05) is 17.0 Å². The summed E-state index contributed by atoms with van der Waals surface area (Å²) in [6.07, 6.45) is -2.86. The molecule has 174 valence electrons. The molecule has 0 atom stereocenters. The number of aromatic nitrogens is 3. The lowest BCUT2D eigenvalue weighted by Crippen LogP contribution is -2.49. The molecule has 8 nitrogen and oxygen atoms in total. The number of piperazine rings is 1. The number of hydrogen-bond acceptors (Lipinski definition) is 7. The van der Waals surface area contributed by atoms with Crippen LogP contribution in [-0.2, 0) is 16.2 Å². The van der Waals surface area contributed by atoms with Crippen molar-refractivity contribution in [3.05, 3.63) is 66.1 Å². The lowest BCUT2D eigenvalue weighted by molar-refractivity contribution is -0.137. The minimum absolute atomic E-state index is 0.163. The van der Waals surface area contributed by atoms with E-state index in [4.69, 9.17) is 0 Å². The van der Waals surface area contributed by atoms with E-state index in [2.05, 4.69) is 20.3 Å². The van der Waals surface area contributed by atoms with Crippen LogP contribution in [0.2, 0.25) is 0 Å². The van der Waals surface area contributed by atoms with Crippen LogP contribution in [0.25, 0.3) is 0 Å². The first-order chi connectivity index (χ1) is 15.6. The molecule has 0 bridgehead atoms. The van der Waals surface area contributed by atoms with Gasteiger partial charge in [0.1, 0.15) is 23.3 Å². The van der Waals surface area contributed by atoms with Crippen LogP contribution < -0.4 is 10.2 Å². The summed E-state index contributed by atoms with van der Waals surface area (Å²) in [4.78, 5) is 14.8. The van der Waals surface area contributed by atoms with Crippen LogP contribution in [0.15, 0.2) is 59.6 Å². The van der Waals surface area contributed by atoms with E-state index in [0.717, 1.165) is 24.3 Å². The van der Waals surface area contributed by atoms with Crippen molar-refractivity contribution in [2.45, 2.75) is 18.0 Å². The number of alkyl halides is 3. The van der Waals surface area contributed by atoms with Gasteiger partial charge in [0.05, 0.1) is 10.5 Å². The van der Waals surface area contributed by atoms with Crippen LogP contribution in [0.3, 0.4) is 0 Å². The second kappa shape index (κ2) is 8.94. The minimum atomic E-state index is -4.52. The Hall–Kier alpha value is -3.25. The van der Waals surface area contributed by atoms with E-state index < -0.39 is 21.8 Å². The maximum atomic E-state index is 12.9. The van der Waals surface area contributed by atoms with Crippen molar-refractivity contribution in [3.63, 3.8) is 0 Å². The molecule has 1 N–H and O–H groups in total. The summed E-state index contributed by atoms with van der Waals surface area (Å²) in [6.45, 7) is 2.86. The second-order valence-electron chi connectivity index (χ2n) is 7.41.